The van der Waals surface area contributed by atoms with E-state index in [1.165, 1.54) is 35.0 Å². The molecule has 7 heteroatoms. The van der Waals surface area contributed by atoms with E-state index >= 15 is 0 Å². The minimum absolute atomic E-state index is 0.0193. The van der Waals surface area contributed by atoms with Crippen LogP contribution in [-0.2, 0) is 0 Å². The number of halogens is 3. The molecule has 1 N–H and O–H groups in total. The molecule has 0 fully saturated rings. The predicted octanol–water partition coefficient (Wildman–Crippen LogP) is 1.75. The Balaban J connectivity index is 2.57. The van der Waals surface area contributed by atoms with E-state index in [4.69, 9.17) is 0 Å². The molecule has 2 aromatic heterocycles. The zero-order valence-corrected chi connectivity index (χ0v) is 8.79. The summed E-state index contributed by atoms with van der Waals surface area (Å²) in [7, 11) is 0. The molecule has 0 unspecified atom stereocenters. The molecular weight excluding hydrogens is 305 g/mol. The van der Waals surface area contributed by atoms with E-state index in [1.807, 2.05) is 0 Å². The van der Waals surface area contributed by atoms with Gasteiger partial charge in [-0.25, -0.2) is 0 Å². The molecule has 0 saturated carbocycles. The van der Waals surface area contributed by atoms with Gasteiger partial charge in [0.15, 0.2) is 5.82 Å². The van der Waals surface area contributed by atoms with Crippen molar-refractivity contribution in [1.82, 2.24) is 20.2 Å². The first kappa shape index (κ1) is 9.44. The van der Waals surface area contributed by atoms with E-state index in [0.29, 0.717) is 5.56 Å². The first-order chi connectivity index (χ1) is 6.68. The Labute approximate surface area is 90.9 Å². The second kappa shape index (κ2) is 3.56. The van der Waals surface area contributed by atoms with E-state index < -0.39 is 11.9 Å². The fourth-order valence-corrected chi connectivity index (χ4v) is 1.14. The molecule has 2 heterocycles. The van der Waals surface area contributed by atoms with Gasteiger partial charge >= 0.3 is 0 Å². The van der Waals surface area contributed by atoms with E-state index in [1.54, 1.807) is 0 Å². The predicted molar refractivity (Wildman–Crippen MR) is 52.2 cm³/mol. The lowest BCUT2D eigenvalue weighted by Crippen LogP contribution is -2.00. The van der Waals surface area contributed by atoms with Crippen molar-refractivity contribution < 1.29 is 8.78 Å². The minimum atomic E-state index is -0.866. The van der Waals surface area contributed by atoms with Crippen LogP contribution in [0.15, 0.2) is 12.4 Å². The fraction of sp³-hybridized carbons (Fsp3) is 0. The van der Waals surface area contributed by atoms with Crippen LogP contribution in [-0.4, -0.2) is 20.2 Å². The lowest BCUT2D eigenvalue weighted by atomic mass is 10.3. The monoisotopic (exact) mass is 308 g/mol. The fourth-order valence-electron chi connectivity index (χ4n) is 0.897. The van der Waals surface area contributed by atoms with Crippen LogP contribution in [0.4, 0.5) is 8.78 Å². The van der Waals surface area contributed by atoms with Crippen LogP contribution < -0.4 is 0 Å². The van der Waals surface area contributed by atoms with Crippen molar-refractivity contribution in [1.29, 1.82) is 0 Å². The van der Waals surface area contributed by atoms with Crippen molar-refractivity contribution in [2.45, 2.75) is 0 Å². The van der Waals surface area contributed by atoms with E-state index in [9.17, 15) is 8.78 Å². The van der Waals surface area contributed by atoms with Gasteiger partial charge in [-0.15, -0.1) is 0 Å². The summed E-state index contributed by atoms with van der Waals surface area (Å²) >= 11 is 1.51. The molecule has 0 aromatic carbocycles. The molecule has 0 aliphatic heterocycles. The zero-order chi connectivity index (χ0) is 10.1. The van der Waals surface area contributed by atoms with Crippen molar-refractivity contribution >= 4 is 22.6 Å². The van der Waals surface area contributed by atoms with Gasteiger partial charge in [0.05, 0.1) is 11.8 Å². The Morgan fingerprint density at radius 2 is 1.86 bits per heavy atom. The summed E-state index contributed by atoms with van der Waals surface area (Å²) in [5, 5.41) is 6.13. The Bertz CT molecular complexity index is 434. The lowest BCUT2D eigenvalue weighted by Gasteiger charge is -1.98. The van der Waals surface area contributed by atoms with Gasteiger partial charge in [0, 0.05) is 6.20 Å². The van der Waals surface area contributed by atoms with Gasteiger partial charge in [-0.05, 0) is 22.6 Å². The molecule has 0 atom stereocenters. The van der Waals surface area contributed by atoms with Crippen LogP contribution in [0.25, 0.3) is 11.4 Å². The molecule has 2 rings (SSSR count). The number of aromatic amines is 1. The summed E-state index contributed by atoms with van der Waals surface area (Å²) in [6, 6.07) is 0. The van der Waals surface area contributed by atoms with Crippen LogP contribution in [0.3, 0.4) is 0 Å². The van der Waals surface area contributed by atoms with Gasteiger partial charge in [0.25, 0.3) is 0 Å². The molecule has 72 valence electrons. The second-order valence-electron chi connectivity index (χ2n) is 2.43. The number of hydrogen-bond donors (Lipinski definition) is 1. The molecule has 0 amide bonds. The second-order valence-corrected chi connectivity index (χ2v) is 3.51. The maximum atomic E-state index is 13.0. The highest BCUT2D eigenvalue weighted by molar-refractivity contribution is 14.1. The molecule has 0 radical (unpaired) electrons. The molecule has 0 aliphatic carbocycles. The average molecular weight is 308 g/mol. The minimum Gasteiger partial charge on any atom is -0.285 e. The van der Waals surface area contributed by atoms with Gasteiger partial charge in [-0.3, -0.25) is 5.10 Å². The molecule has 4 nitrogen and oxygen atoms in total. The van der Waals surface area contributed by atoms with E-state index in [2.05, 4.69) is 20.2 Å². The summed E-state index contributed by atoms with van der Waals surface area (Å²) in [6.45, 7) is 0. The van der Waals surface area contributed by atoms with Crippen molar-refractivity contribution in [2.24, 2.45) is 0 Å². The third-order valence-electron chi connectivity index (χ3n) is 1.53. The maximum absolute atomic E-state index is 13.0. The van der Waals surface area contributed by atoms with Crippen molar-refractivity contribution in [3.05, 3.63) is 27.9 Å². The molecule has 2 aromatic rings. The van der Waals surface area contributed by atoms with Crippen LogP contribution in [0, 0.1) is 15.5 Å². The average Bonchev–Trinajstić information content (AvgIpc) is 2.66. The summed E-state index contributed by atoms with van der Waals surface area (Å²) < 4.78 is 25.8. The highest BCUT2D eigenvalue weighted by atomic mass is 127. The normalized spacial score (nSPS) is 10.5. The molecule has 0 aliphatic rings. The quantitative estimate of drug-likeness (QED) is 0.645. The van der Waals surface area contributed by atoms with Crippen LogP contribution >= 0.6 is 22.6 Å². The number of hydrogen-bond acceptors (Lipinski definition) is 3. The number of nitrogens with one attached hydrogen (secondary N) is 1. The van der Waals surface area contributed by atoms with Gasteiger partial charge in [0.2, 0.25) is 11.9 Å². The van der Waals surface area contributed by atoms with Crippen molar-refractivity contribution in [3.63, 3.8) is 0 Å². The number of H-pyrrole nitrogens is 1. The molecular formula is C7H3F2IN4. The molecule has 0 spiro atoms. The topological polar surface area (TPSA) is 54.5 Å². The van der Waals surface area contributed by atoms with E-state index in [0.717, 1.165) is 0 Å². The third kappa shape index (κ3) is 1.59. The van der Waals surface area contributed by atoms with Gasteiger partial charge in [-0.2, -0.15) is 23.8 Å². The van der Waals surface area contributed by atoms with E-state index in [-0.39, 0.29) is 9.39 Å². The highest BCUT2D eigenvalue weighted by Crippen LogP contribution is 2.17. The van der Waals surface area contributed by atoms with Gasteiger partial charge in [-0.1, -0.05) is 0 Å². The SMILES string of the molecule is Fc1nc(-c2cn[nH]c2)nc(F)c1I. The Morgan fingerprint density at radius 3 is 2.36 bits per heavy atom. The standard InChI is InChI=1S/C7H3F2IN4/c8-5-4(10)6(9)14-7(13-5)3-1-11-12-2-3/h1-2H,(H,11,12). The van der Waals surface area contributed by atoms with Crippen molar-refractivity contribution in [3.8, 4) is 11.4 Å². The maximum Gasteiger partial charge on any atom is 0.233 e. The lowest BCUT2D eigenvalue weighted by molar-refractivity contribution is 0.515. The molecule has 0 saturated heterocycles. The van der Waals surface area contributed by atoms with Gasteiger partial charge in [0.1, 0.15) is 3.57 Å². The molecule has 0 bridgehead atoms. The smallest absolute Gasteiger partial charge is 0.233 e. The summed E-state index contributed by atoms with van der Waals surface area (Å²) in [5.74, 6) is -1.75. The van der Waals surface area contributed by atoms with Gasteiger partial charge < -0.3 is 0 Å². The summed E-state index contributed by atoms with van der Waals surface area (Å²) in [5.41, 5.74) is 0.444. The summed E-state index contributed by atoms with van der Waals surface area (Å²) in [4.78, 5) is 6.98. The number of aromatic nitrogens is 4. The van der Waals surface area contributed by atoms with Crippen LogP contribution in [0.1, 0.15) is 0 Å². The zero-order valence-electron chi connectivity index (χ0n) is 6.63. The Kier molecular flexibility index (Phi) is 2.40. The van der Waals surface area contributed by atoms with Crippen LogP contribution in [0.2, 0.25) is 0 Å². The Morgan fingerprint density at radius 1 is 1.21 bits per heavy atom. The number of nitrogens with zero attached hydrogens (tertiary/aromatic N) is 3. The first-order valence-electron chi connectivity index (χ1n) is 3.56. The third-order valence-corrected chi connectivity index (χ3v) is 2.42. The highest BCUT2D eigenvalue weighted by Gasteiger charge is 2.13. The first-order valence-corrected chi connectivity index (χ1v) is 4.64. The largest absolute Gasteiger partial charge is 0.285 e. The number of rotatable bonds is 1. The van der Waals surface area contributed by atoms with Crippen LogP contribution in [0.5, 0.6) is 0 Å². The van der Waals surface area contributed by atoms with Crippen molar-refractivity contribution in [2.75, 3.05) is 0 Å². The summed E-state index contributed by atoms with van der Waals surface area (Å²) in [6.07, 6.45) is 2.85. The molecule has 14 heavy (non-hydrogen) atoms. The Hall–Kier alpha value is -1.12.